The SMILES string of the molecule is C[C@@H](NCC(=O)Nc1ccccc1C#N)c1cccc(Cl)c1. The number of carbonyl (C=O) groups excluding carboxylic acids is 1. The summed E-state index contributed by atoms with van der Waals surface area (Å²) in [5.74, 6) is -0.198. The van der Waals surface area contributed by atoms with E-state index < -0.39 is 0 Å². The molecule has 5 heteroatoms. The molecule has 22 heavy (non-hydrogen) atoms. The maximum atomic E-state index is 12.0. The Morgan fingerprint density at radius 3 is 2.77 bits per heavy atom. The maximum Gasteiger partial charge on any atom is 0.238 e. The van der Waals surface area contributed by atoms with Crippen molar-refractivity contribution in [1.29, 1.82) is 5.26 Å². The van der Waals surface area contributed by atoms with Crippen LogP contribution in [-0.4, -0.2) is 12.5 Å². The zero-order valence-corrected chi connectivity index (χ0v) is 12.9. The van der Waals surface area contributed by atoms with Gasteiger partial charge in [-0.1, -0.05) is 35.9 Å². The second-order valence-electron chi connectivity index (χ2n) is 4.86. The summed E-state index contributed by atoms with van der Waals surface area (Å²) in [6.45, 7) is 2.11. The largest absolute Gasteiger partial charge is 0.324 e. The second-order valence-corrected chi connectivity index (χ2v) is 5.30. The predicted octanol–water partition coefficient (Wildman–Crippen LogP) is 3.50. The molecule has 0 aromatic heterocycles. The third-order valence-electron chi connectivity index (χ3n) is 3.24. The van der Waals surface area contributed by atoms with Gasteiger partial charge in [-0.15, -0.1) is 0 Å². The number of hydrogen-bond donors (Lipinski definition) is 2. The number of rotatable bonds is 5. The quantitative estimate of drug-likeness (QED) is 0.888. The highest BCUT2D eigenvalue weighted by molar-refractivity contribution is 6.30. The van der Waals surface area contributed by atoms with Gasteiger partial charge in [-0.2, -0.15) is 5.26 Å². The molecule has 0 saturated heterocycles. The van der Waals surface area contributed by atoms with Gasteiger partial charge in [0.1, 0.15) is 6.07 Å². The molecule has 0 fully saturated rings. The molecule has 2 rings (SSSR count). The molecule has 0 aliphatic heterocycles. The van der Waals surface area contributed by atoms with Crippen molar-refractivity contribution in [2.45, 2.75) is 13.0 Å². The van der Waals surface area contributed by atoms with Crippen LogP contribution in [0.2, 0.25) is 5.02 Å². The Bertz CT molecular complexity index is 709. The average molecular weight is 314 g/mol. The molecule has 0 aliphatic carbocycles. The molecule has 2 aromatic rings. The van der Waals surface area contributed by atoms with Crippen LogP contribution < -0.4 is 10.6 Å². The first-order valence-corrected chi connectivity index (χ1v) is 7.26. The van der Waals surface area contributed by atoms with Crippen molar-refractivity contribution in [3.8, 4) is 6.07 Å². The Kier molecular flexibility index (Phi) is 5.54. The van der Waals surface area contributed by atoms with Gasteiger partial charge >= 0.3 is 0 Å². The van der Waals surface area contributed by atoms with Gasteiger partial charge < -0.3 is 10.6 Å². The van der Waals surface area contributed by atoms with E-state index in [0.29, 0.717) is 16.3 Å². The van der Waals surface area contributed by atoms with Crippen LogP contribution in [0.5, 0.6) is 0 Å². The lowest BCUT2D eigenvalue weighted by atomic mass is 10.1. The van der Waals surface area contributed by atoms with Crippen LogP contribution in [0.3, 0.4) is 0 Å². The van der Waals surface area contributed by atoms with E-state index in [4.69, 9.17) is 16.9 Å². The average Bonchev–Trinajstić information content (AvgIpc) is 2.53. The van der Waals surface area contributed by atoms with Gasteiger partial charge in [0.05, 0.1) is 17.8 Å². The molecular formula is C17H16ClN3O. The smallest absolute Gasteiger partial charge is 0.238 e. The van der Waals surface area contributed by atoms with Gasteiger partial charge in [-0.05, 0) is 36.8 Å². The molecule has 0 bridgehead atoms. The van der Waals surface area contributed by atoms with Gasteiger partial charge in [0, 0.05) is 11.1 Å². The van der Waals surface area contributed by atoms with Crippen molar-refractivity contribution in [3.05, 3.63) is 64.7 Å². The van der Waals surface area contributed by atoms with E-state index in [9.17, 15) is 4.79 Å². The highest BCUT2D eigenvalue weighted by Gasteiger charge is 2.09. The van der Waals surface area contributed by atoms with Crippen molar-refractivity contribution in [2.24, 2.45) is 0 Å². The van der Waals surface area contributed by atoms with E-state index in [1.54, 1.807) is 24.3 Å². The molecule has 1 atom stereocenters. The molecule has 0 aliphatic rings. The molecule has 4 nitrogen and oxygen atoms in total. The summed E-state index contributed by atoms with van der Waals surface area (Å²) in [6.07, 6.45) is 0. The molecule has 0 radical (unpaired) electrons. The molecule has 112 valence electrons. The van der Waals surface area contributed by atoms with Crippen molar-refractivity contribution >= 4 is 23.2 Å². The first-order valence-electron chi connectivity index (χ1n) is 6.88. The van der Waals surface area contributed by atoms with Gasteiger partial charge in [-0.3, -0.25) is 4.79 Å². The summed E-state index contributed by atoms with van der Waals surface area (Å²) >= 11 is 5.95. The number of carbonyl (C=O) groups is 1. The highest BCUT2D eigenvalue weighted by atomic mass is 35.5. The van der Waals surface area contributed by atoms with Gasteiger partial charge in [0.15, 0.2) is 0 Å². The fourth-order valence-corrected chi connectivity index (χ4v) is 2.22. The Morgan fingerprint density at radius 2 is 2.05 bits per heavy atom. The minimum atomic E-state index is -0.198. The molecule has 0 spiro atoms. The number of halogens is 1. The van der Waals surface area contributed by atoms with Crippen LogP contribution in [0.1, 0.15) is 24.1 Å². The molecule has 0 unspecified atom stereocenters. The van der Waals surface area contributed by atoms with E-state index in [-0.39, 0.29) is 18.5 Å². The number of para-hydroxylation sites is 1. The highest BCUT2D eigenvalue weighted by Crippen LogP contribution is 2.17. The van der Waals surface area contributed by atoms with Gasteiger partial charge in [0.2, 0.25) is 5.91 Å². The van der Waals surface area contributed by atoms with Crippen LogP contribution in [0.15, 0.2) is 48.5 Å². The zero-order chi connectivity index (χ0) is 15.9. The Balaban J connectivity index is 1.92. The molecule has 1 amide bonds. The summed E-state index contributed by atoms with van der Waals surface area (Å²) in [7, 11) is 0. The number of amides is 1. The minimum absolute atomic E-state index is 0.00402. The minimum Gasteiger partial charge on any atom is -0.324 e. The van der Waals surface area contributed by atoms with Crippen LogP contribution in [0, 0.1) is 11.3 Å². The van der Waals surface area contributed by atoms with E-state index in [2.05, 4.69) is 10.6 Å². The summed E-state index contributed by atoms with van der Waals surface area (Å²) < 4.78 is 0. The molecule has 2 aromatic carbocycles. The van der Waals surface area contributed by atoms with E-state index in [1.165, 1.54) is 0 Å². The number of benzene rings is 2. The number of nitrogens with zero attached hydrogens (tertiary/aromatic N) is 1. The van der Waals surface area contributed by atoms with E-state index in [0.717, 1.165) is 5.56 Å². The van der Waals surface area contributed by atoms with E-state index in [1.807, 2.05) is 37.3 Å². The summed E-state index contributed by atoms with van der Waals surface area (Å²) in [5, 5.41) is 15.5. The topological polar surface area (TPSA) is 64.9 Å². The number of anilines is 1. The Hall–Kier alpha value is -2.35. The van der Waals surface area contributed by atoms with Crippen LogP contribution in [0.4, 0.5) is 5.69 Å². The third kappa shape index (κ3) is 4.32. The predicted molar refractivity (Wildman–Crippen MR) is 87.7 cm³/mol. The fraction of sp³-hybridized carbons (Fsp3) is 0.176. The van der Waals surface area contributed by atoms with Crippen molar-refractivity contribution < 1.29 is 4.79 Å². The molecule has 0 saturated carbocycles. The van der Waals surface area contributed by atoms with Crippen LogP contribution in [0.25, 0.3) is 0 Å². The van der Waals surface area contributed by atoms with Crippen molar-refractivity contribution in [2.75, 3.05) is 11.9 Å². The third-order valence-corrected chi connectivity index (χ3v) is 3.47. The lowest BCUT2D eigenvalue weighted by molar-refractivity contribution is -0.115. The van der Waals surface area contributed by atoms with Crippen molar-refractivity contribution in [3.63, 3.8) is 0 Å². The number of hydrogen-bond acceptors (Lipinski definition) is 3. The van der Waals surface area contributed by atoms with Crippen LogP contribution >= 0.6 is 11.6 Å². The molecule has 2 N–H and O–H groups in total. The normalized spacial score (nSPS) is 11.5. The number of nitriles is 1. The first-order chi connectivity index (χ1) is 10.6. The van der Waals surface area contributed by atoms with Gasteiger partial charge in [-0.25, -0.2) is 0 Å². The lowest BCUT2D eigenvalue weighted by Crippen LogP contribution is -2.30. The van der Waals surface area contributed by atoms with Crippen molar-refractivity contribution in [1.82, 2.24) is 5.32 Å². The number of nitrogens with one attached hydrogen (secondary N) is 2. The first kappa shape index (κ1) is 16.0. The summed E-state index contributed by atoms with van der Waals surface area (Å²) in [5.41, 5.74) is 1.98. The molecular weight excluding hydrogens is 298 g/mol. The zero-order valence-electron chi connectivity index (χ0n) is 12.1. The second kappa shape index (κ2) is 7.60. The lowest BCUT2D eigenvalue weighted by Gasteiger charge is -2.14. The Morgan fingerprint density at radius 1 is 1.27 bits per heavy atom. The Labute approximate surface area is 134 Å². The van der Waals surface area contributed by atoms with Crippen LogP contribution in [-0.2, 0) is 4.79 Å². The standard InChI is InChI=1S/C17H16ClN3O/c1-12(13-6-4-7-15(18)9-13)20-11-17(22)21-16-8-3-2-5-14(16)10-19/h2-9,12,20H,11H2,1H3,(H,21,22)/t12-/m1/s1. The monoisotopic (exact) mass is 313 g/mol. The van der Waals surface area contributed by atoms with E-state index >= 15 is 0 Å². The summed E-state index contributed by atoms with van der Waals surface area (Å²) in [4.78, 5) is 12.0. The van der Waals surface area contributed by atoms with Gasteiger partial charge in [0.25, 0.3) is 0 Å². The maximum absolute atomic E-state index is 12.0. The molecule has 0 heterocycles. The fourth-order valence-electron chi connectivity index (χ4n) is 2.02. The summed E-state index contributed by atoms with van der Waals surface area (Å²) in [6, 6.07) is 16.4.